The third-order valence-electron chi connectivity index (χ3n) is 3.85. The molecule has 0 bridgehead atoms. The first-order valence-electron chi connectivity index (χ1n) is 8.27. The monoisotopic (exact) mass is 372 g/mol. The Morgan fingerprint density at radius 2 is 2.27 bits per heavy atom. The van der Waals surface area contributed by atoms with Gasteiger partial charge in [0.05, 0.1) is 29.8 Å². The van der Waals surface area contributed by atoms with E-state index in [1.54, 1.807) is 6.92 Å². The molecule has 1 aliphatic heterocycles. The van der Waals surface area contributed by atoms with Gasteiger partial charge < -0.3 is 19.9 Å². The molecule has 0 fully saturated rings. The first-order chi connectivity index (χ1) is 12.6. The van der Waals surface area contributed by atoms with E-state index < -0.39 is 5.97 Å². The van der Waals surface area contributed by atoms with Crippen LogP contribution in [0.2, 0.25) is 0 Å². The van der Waals surface area contributed by atoms with Crippen molar-refractivity contribution >= 4 is 34.8 Å². The Balaban J connectivity index is 1.87. The molecule has 2 amide bonds. The van der Waals surface area contributed by atoms with Gasteiger partial charge in [-0.25, -0.2) is 14.6 Å². The predicted octanol–water partition coefficient (Wildman–Crippen LogP) is 2.44. The van der Waals surface area contributed by atoms with E-state index >= 15 is 0 Å². The molecule has 2 aromatic rings. The van der Waals surface area contributed by atoms with Crippen LogP contribution in [-0.2, 0) is 16.1 Å². The summed E-state index contributed by atoms with van der Waals surface area (Å²) in [7, 11) is 0. The fourth-order valence-corrected chi connectivity index (χ4v) is 3.69. The number of nitrogens with one attached hydrogen (secondary N) is 2. The third kappa shape index (κ3) is 3.75. The van der Waals surface area contributed by atoms with Crippen LogP contribution in [0.3, 0.4) is 0 Å². The zero-order valence-corrected chi connectivity index (χ0v) is 15.3. The molecular weight excluding hydrogens is 352 g/mol. The van der Waals surface area contributed by atoms with E-state index in [2.05, 4.69) is 26.8 Å². The number of amides is 2. The van der Waals surface area contributed by atoms with Crippen molar-refractivity contribution in [2.24, 2.45) is 0 Å². The zero-order chi connectivity index (χ0) is 18.5. The normalized spacial score (nSPS) is 14.1. The lowest BCUT2D eigenvalue weighted by atomic mass is 10.2. The number of hydrogen-bond donors (Lipinski definition) is 2. The molecule has 0 saturated carbocycles. The molecule has 0 unspecified atom stereocenters. The summed E-state index contributed by atoms with van der Waals surface area (Å²) in [6, 6.07) is 7.54. The van der Waals surface area contributed by atoms with Crippen LogP contribution in [-0.4, -0.2) is 40.5 Å². The van der Waals surface area contributed by atoms with E-state index in [9.17, 15) is 9.59 Å². The molecular formula is C18H20N4O3S. The number of ether oxygens (including phenoxy) is 1. The highest BCUT2D eigenvalue weighted by Gasteiger charge is 2.24. The van der Waals surface area contributed by atoms with E-state index in [-0.39, 0.29) is 19.2 Å². The fraction of sp³-hybridized carbons (Fsp3) is 0.278. The van der Waals surface area contributed by atoms with Crippen molar-refractivity contribution < 1.29 is 14.3 Å². The topological polar surface area (TPSA) is 85.2 Å². The van der Waals surface area contributed by atoms with Gasteiger partial charge in [0.15, 0.2) is 5.16 Å². The molecule has 3 rings (SSSR count). The van der Waals surface area contributed by atoms with Gasteiger partial charge in [-0.2, -0.15) is 0 Å². The van der Waals surface area contributed by atoms with Gasteiger partial charge in [-0.1, -0.05) is 30.0 Å². The molecule has 2 N–H and O–H groups in total. The summed E-state index contributed by atoms with van der Waals surface area (Å²) in [6.07, 6.45) is 1.81. The van der Waals surface area contributed by atoms with Crippen LogP contribution in [0, 0.1) is 0 Å². The second-order valence-electron chi connectivity index (χ2n) is 5.56. The number of urea groups is 1. The number of imidazole rings is 1. The minimum atomic E-state index is -0.421. The lowest BCUT2D eigenvalue weighted by Gasteiger charge is -2.21. The molecule has 7 nitrogen and oxygen atoms in total. The molecule has 0 spiro atoms. The van der Waals surface area contributed by atoms with Gasteiger partial charge in [0.2, 0.25) is 0 Å². The van der Waals surface area contributed by atoms with Crippen LogP contribution >= 0.6 is 11.8 Å². The SMILES string of the molecule is C=CCn1c(SCC2=C(C(=O)OCC)CNC(=O)N2)nc2ccccc21. The molecule has 0 aliphatic carbocycles. The Kier molecular flexibility index (Phi) is 5.62. The summed E-state index contributed by atoms with van der Waals surface area (Å²) in [5.74, 6) is -0.0163. The van der Waals surface area contributed by atoms with Gasteiger partial charge in [0.25, 0.3) is 0 Å². The Bertz CT molecular complexity index is 888. The van der Waals surface area contributed by atoms with Crippen molar-refractivity contribution in [2.75, 3.05) is 18.9 Å². The number of carbonyl (C=O) groups is 2. The summed E-state index contributed by atoms with van der Waals surface area (Å²) in [6.45, 7) is 6.62. The zero-order valence-electron chi connectivity index (χ0n) is 14.4. The minimum absolute atomic E-state index is 0.156. The van der Waals surface area contributed by atoms with Crippen LogP contribution in [0.5, 0.6) is 0 Å². The molecule has 1 aromatic heterocycles. The van der Waals surface area contributed by atoms with Gasteiger partial charge in [-0.15, -0.1) is 6.58 Å². The predicted molar refractivity (Wildman–Crippen MR) is 101 cm³/mol. The third-order valence-corrected chi connectivity index (χ3v) is 4.86. The number of hydrogen-bond acceptors (Lipinski definition) is 5. The first kappa shape index (κ1) is 18.1. The average Bonchev–Trinajstić information content (AvgIpc) is 2.98. The Labute approximate surface area is 155 Å². The average molecular weight is 372 g/mol. The van der Waals surface area contributed by atoms with Crippen LogP contribution in [0.4, 0.5) is 4.79 Å². The second kappa shape index (κ2) is 8.09. The van der Waals surface area contributed by atoms with E-state index in [1.807, 2.05) is 30.3 Å². The number of aromatic nitrogens is 2. The number of fused-ring (bicyclic) bond motifs is 1. The Morgan fingerprint density at radius 3 is 3.04 bits per heavy atom. The van der Waals surface area contributed by atoms with Gasteiger partial charge in [-0.05, 0) is 19.1 Å². The molecule has 136 valence electrons. The number of allylic oxidation sites excluding steroid dienone is 1. The van der Waals surface area contributed by atoms with Crippen molar-refractivity contribution in [3.8, 4) is 0 Å². The maximum atomic E-state index is 12.1. The molecule has 1 aromatic carbocycles. The molecule has 8 heteroatoms. The second-order valence-corrected chi connectivity index (χ2v) is 6.50. The highest BCUT2D eigenvalue weighted by atomic mass is 32.2. The van der Waals surface area contributed by atoms with E-state index in [0.717, 1.165) is 16.2 Å². The highest BCUT2D eigenvalue weighted by Crippen LogP contribution is 2.26. The largest absolute Gasteiger partial charge is 0.463 e. The van der Waals surface area contributed by atoms with Gasteiger partial charge in [-0.3, -0.25) is 0 Å². The number of thioether (sulfide) groups is 1. The highest BCUT2D eigenvalue weighted by molar-refractivity contribution is 7.99. The summed E-state index contributed by atoms with van der Waals surface area (Å²) < 4.78 is 7.13. The van der Waals surface area contributed by atoms with E-state index in [1.165, 1.54) is 11.8 Å². The van der Waals surface area contributed by atoms with E-state index in [0.29, 0.717) is 23.6 Å². The van der Waals surface area contributed by atoms with Gasteiger partial charge in [0.1, 0.15) is 0 Å². The summed E-state index contributed by atoms with van der Waals surface area (Å²) >= 11 is 1.46. The van der Waals surface area contributed by atoms with E-state index in [4.69, 9.17) is 4.74 Å². The Morgan fingerprint density at radius 1 is 1.46 bits per heavy atom. The first-order valence-corrected chi connectivity index (χ1v) is 9.25. The van der Waals surface area contributed by atoms with Crippen molar-refractivity contribution in [1.82, 2.24) is 20.2 Å². The molecule has 1 aliphatic rings. The maximum absolute atomic E-state index is 12.1. The lowest BCUT2D eigenvalue weighted by Crippen LogP contribution is -2.44. The van der Waals surface area contributed by atoms with Crippen molar-refractivity contribution in [3.63, 3.8) is 0 Å². The van der Waals surface area contributed by atoms with Crippen molar-refractivity contribution in [2.45, 2.75) is 18.6 Å². The number of para-hydroxylation sites is 2. The molecule has 2 heterocycles. The van der Waals surface area contributed by atoms with Crippen LogP contribution in [0.15, 0.2) is 53.3 Å². The number of esters is 1. The summed E-state index contributed by atoms with van der Waals surface area (Å²) in [4.78, 5) is 28.4. The van der Waals surface area contributed by atoms with Gasteiger partial charge in [0, 0.05) is 18.0 Å². The van der Waals surface area contributed by atoms with Crippen molar-refractivity contribution in [3.05, 3.63) is 48.2 Å². The Hall–Kier alpha value is -2.74. The van der Waals surface area contributed by atoms with Crippen LogP contribution in [0.1, 0.15) is 6.92 Å². The summed E-state index contributed by atoms with van der Waals surface area (Å²) in [5, 5.41) is 6.11. The minimum Gasteiger partial charge on any atom is -0.463 e. The van der Waals surface area contributed by atoms with Crippen LogP contribution < -0.4 is 10.6 Å². The van der Waals surface area contributed by atoms with Crippen molar-refractivity contribution in [1.29, 1.82) is 0 Å². The standard InChI is InChI=1S/C18H20N4O3S/c1-3-9-22-15-8-6-5-7-13(15)21-18(22)26-11-14-12(16(23)25-4-2)10-19-17(24)20-14/h3,5-8H,1,4,9-11H2,2H3,(H2,19,20,24). The number of rotatable bonds is 7. The molecule has 0 saturated heterocycles. The maximum Gasteiger partial charge on any atom is 0.337 e. The molecule has 0 radical (unpaired) electrons. The smallest absolute Gasteiger partial charge is 0.337 e. The quantitative estimate of drug-likeness (QED) is 0.443. The molecule has 26 heavy (non-hydrogen) atoms. The lowest BCUT2D eigenvalue weighted by molar-refractivity contribution is -0.138. The molecule has 0 atom stereocenters. The summed E-state index contributed by atoms with van der Waals surface area (Å²) in [5.41, 5.74) is 2.90. The van der Waals surface area contributed by atoms with Gasteiger partial charge >= 0.3 is 12.0 Å². The fourth-order valence-electron chi connectivity index (χ4n) is 2.67. The number of carbonyl (C=O) groups excluding carboxylic acids is 2. The van der Waals surface area contributed by atoms with Crippen LogP contribution in [0.25, 0.3) is 11.0 Å². The number of nitrogens with zero attached hydrogens (tertiary/aromatic N) is 2. The number of benzene rings is 1.